The van der Waals surface area contributed by atoms with E-state index < -0.39 is 0 Å². The van der Waals surface area contributed by atoms with Gasteiger partial charge in [-0.25, -0.2) is 0 Å². The van der Waals surface area contributed by atoms with Gasteiger partial charge in [0.15, 0.2) is 0 Å². The molecule has 1 amide bonds. The summed E-state index contributed by atoms with van der Waals surface area (Å²) in [6.07, 6.45) is 5.29. The highest BCUT2D eigenvalue weighted by atomic mass is 16.5. The van der Waals surface area contributed by atoms with E-state index >= 15 is 0 Å². The minimum absolute atomic E-state index is 0.0420. The van der Waals surface area contributed by atoms with Crippen LogP contribution in [0.5, 0.6) is 5.75 Å². The van der Waals surface area contributed by atoms with Crippen LogP contribution in [0.25, 0.3) is 0 Å². The predicted octanol–water partition coefficient (Wildman–Crippen LogP) is 4.56. The Balaban J connectivity index is 1.56. The van der Waals surface area contributed by atoms with Gasteiger partial charge in [0.2, 0.25) is 0 Å². The summed E-state index contributed by atoms with van der Waals surface area (Å²) >= 11 is 0. The highest BCUT2D eigenvalue weighted by molar-refractivity contribution is 5.94. The summed E-state index contributed by atoms with van der Waals surface area (Å²) in [6.45, 7) is 5.33. The van der Waals surface area contributed by atoms with Gasteiger partial charge in [-0.1, -0.05) is 37.1 Å². The van der Waals surface area contributed by atoms with Gasteiger partial charge in [0.05, 0.1) is 13.2 Å². The molecule has 2 aromatic carbocycles. The highest BCUT2D eigenvalue weighted by Crippen LogP contribution is 2.18. The fraction of sp³-hybridized carbons (Fsp3) is 0.435. The molecule has 1 heterocycles. The van der Waals surface area contributed by atoms with Gasteiger partial charge in [-0.05, 0) is 68.2 Å². The molecule has 4 nitrogen and oxygen atoms in total. The quantitative estimate of drug-likeness (QED) is 0.815. The Labute approximate surface area is 162 Å². The molecule has 1 atom stereocenters. The molecule has 0 unspecified atom stereocenters. The predicted molar refractivity (Wildman–Crippen MR) is 109 cm³/mol. The van der Waals surface area contributed by atoms with Crippen molar-refractivity contribution in [2.75, 3.05) is 20.2 Å². The molecule has 1 aliphatic heterocycles. The number of methoxy groups -OCH3 is 1. The summed E-state index contributed by atoms with van der Waals surface area (Å²) in [6, 6.07) is 15.8. The van der Waals surface area contributed by atoms with E-state index in [1.165, 1.54) is 44.3 Å². The van der Waals surface area contributed by atoms with Crippen LogP contribution in [0.15, 0.2) is 48.5 Å². The van der Waals surface area contributed by atoms with E-state index in [-0.39, 0.29) is 11.9 Å². The number of nitrogens with one attached hydrogen (secondary N) is 1. The molecule has 0 saturated carbocycles. The standard InChI is InChI=1S/C23H30N2O2/c1-18(20-11-13-22(27-2)14-12-20)24-23(26)21-9-7-19(8-10-21)17-25-15-5-3-4-6-16-25/h7-14,18H,3-6,15-17H2,1-2H3,(H,24,26)/t18-/m0/s1. The molecule has 4 heteroatoms. The van der Waals surface area contributed by atoms with Crippen molar-refractivity contribution in [2.45, 2.75) is 45.2 Å². The maximum absolute atomic E-state index is 12.6. The molecule has 0 radical (unpaired) electrons. The Kier molecular flexibility index (Phi) is 6.88. The number of hydrogen-bond acceptors (Lipinski definition) is 3. The van der Waals surface area contributed by atoms with Crippen molar-refractivity contribution in [3.63, 3.8) is 0 Å². The summed E-state index contributed by atoms with van der Waals surface area (Å²) in [5, 5.41) is 3.07. The molecule has 1 aliphatic rings. The van der Waals surface area contributed by atoms with Gasteiger partial charge < -0.3 is 10.1 Å². The summed E-state index contributed by atoms with van der Waals surface area (Å²) in [5.41, 5.74) is 3.04. The topological polar surface area (TPSA) is 41.6 Å². The molecule has 2 aromatic rings. The van der Waals surface area contributed by atoms with E-state index in [0.29, 0.717) is 5.56 Å². The zero-order chi connectivity index (χ0) is 19.1. The van der Waals surface area contributed by atoms with Crippen LogP contribution in [-0.4, -0.2) is 31.0 Å². The molecule has 1 fully saturated rings. The number of carbonyl (C=O) groups is 1. The molecular weight excluding hydrogens is 336 g/mol. The fourth-order valence-electron chi connectivity index (χ4n) is 3.57. The van der Waals surface area contributed by atoms with Crippen molar-refractivity contribution in [3.8, 4) is 5.75 Å². The number of rotatable bonds is 6. The normalized spacial score (nSPS) is 16.4. The van der Waals surface area contributed by atoms with Crippen LogP contribution >= 0.6 is 0 Å². The Bertz CT molecular complexity index is 717. The molecule has 0 aliphatic carbocycles. The molecule has 27 heavy (non-hydrogen) atoms. The minimum atomic E-state index is -0.0554. The number of amides is 1. The van der Waals surface area contributed by atoms with Crippen molar-refractivity contribution >= 4 is 5.91 Å². The van der Waals surface area contributed by atoms with Gasteiger partial charge in [-0.3, -0.25) is 9.69 Å². The first-order valence-electron chi connectivity index (χ1n) is 9.92. The molecule has 0 bridgehead atoms. The van der Waals surface area contributed by atoms with Gasteiger partial charge in [0.1, 0.15) is 5.75 Å². The van der Waals surface area contributed by atoms with E-state index in [9.17, 15) is 4.79 Å². The zero-order valence-corrected chi connectivity index (χ0v) is 16.4. The third-order valence-electron chi connectivity index (χ3n) is 5.28. The minimum Gasteiger partial charge on any atom is -0.497 e. The number of benzene rings is 2. The van der Waals surface area contributed by atoms with E-state index in [4.69, 9.17) is 4.74 Å². The summed E-state index contributed by atoms with van der Waals surface area (Å²) in [7, 11) is 1.65. The van der Waals surface area contributed by atoms with Crippen LogP contribution in [-0.2, 0) is 6.54 Å². The maximum atomic E-state index is 12.6. The lowest BCUT2D eigenvalue weighted by Gasteiger charge is -2.20. The van der Waals surface area contributed by atoms with Gasteiger partial charge in [0, 0.05) is 12.1 Å². The second kappa shape index (κ2) is 9.56. The average molecular weight is 367 g/mol. The van der Waals surface area contributed by atoms with Crippen LogP contribution in [0.4, 0.5) is 0 Å². The van der Waals surface area contributed by atoms with Gasteiger partial charge in [-0.2, -0.15) is 0 Å². The fourth-order valence-corrected chi connectivity index (χ4v) is 3.57. The number of ether oxygens (including phenoxy) is 1. The van der Waals surface area contributed by atoms with Crippen molar-refractivity contribution in [3.05, 3.63) is 65.2 Å². The van der Waals surface area contributed by atoms with Crippen molar-refractivity contribution in [2.24, 2.45) is 0 Å². The smallest absolute Gasteiger partial charge is 0.251 e. The third-order valence-corrected chi connectivity index (χ3v) is 5.28. The second-order valence-electron chi connectivity index (χ2n) is 7.36. The molecule has 0 aromatic heterocycles. The monoisotopic (exact) mass is 366 g/mol. The Morgan fingerprint density at radius 3 is 2.22 bits per heavy atom. The SMILES string of the molecule is COc1ccc([C@H](C)NC(=O)c2ccc(CN3CCCCCC3)cc2)cc1. The van der Waals surface area contributed by atoms with E-state index in [1.54, 1.807) is 7.11 Å². The van der Waals surface area contributed by atoms with Crippen molar-refractivity contribution in [1.29, 1.82) is 0 Å². The van der Waals surface area contributed by atoms with Gasteiger partial charge >= 0.3 is 0 Å². The summed E-state index contributed by atoms with van der Waals surface area (Å²) in [4.78, 5) is 15.1. The van der Waals surface area contributed by atoms with Crippen LogP contribution < -0.4 is 10.1 Å². The molecule has 1 saturated heterocycles. The van der Waals surface area contributed by atoms with E-state index in [2.05, 4.69) is 22.3 Å². The number of likely N-dealkylation sites (tertiary alicyclic amines) is 1. The number of carbonyl (C=O) groups excluding carboxylic acids is 1. The lowest BCUT2D eigenvalue weighted by Crippen LogP contribution is -2.27. The molecule has 1 N–H and O–H groups in total. The molecule has 3 rings (SSSR count). The third kappa shape index (κ3) is 5.57. The van der Waals surface area contributed by atoms with Gasteiger partial charge in [-0.15, -0.1) is 0 Å². The average Bonchev–Trinajstić information content (AvgIpc) is 2.97. The van der Waals surface area contributed by atoms with E-state index in [0.717, 1.165) is 17.9 Å². The van der Waals surface area contributed by atoms with Crippen LogP contribution in [0.3, 0.4) is 0 Å². The first kappa shape index (κ1) is 19.4. The zero-order valence-electron chi connectivity index (χ0n) is 16.4. The highest BCUT2D eigenvalue weighted by Gasteiger charge is 2.13. The van der Waals surface area contributed by atoms with Crippen molar-refractivity contribution in [1.82, 2.24) is 10.2 Å². The Hall–Kier alpha value is -2.33. The van der Waals surface area contributed by atoms with Crippen LogP contribution in [0, 0.1) is 0 Å². The Morgan fingerprint density at radius 2 is 1.63 bits per heavy atom. The largest absolute Gasteiger partial charge is 0.497 e. The number of nitrogens with zero attached hydrogens (tertiary/aromatic N) is 1. The number of hydrogen-bond donors (Lipinski definition) is 1. The first-order chi connectivity index (χ1) is 13.2. The van der Waals surface area contributed by atoms with Crippen molar-refractivity contribution < 1.29 is 9.53 Å². The molecular formula is C23H30N2O2. The Morgan fingerprint density at radius 1 is 1.00 bits per heavy atom. The maximum Gasteiger partial charge on any atom is 0.251 e. The molecule has 144 valence electrons. The van der Waals surface area contributed by atoms with Crippen LogP contribution in [0.2, 0.25) is 0 Å². The first-order valence-corrected chi connectivity index (χ1v) is 9.92. The lowest BCUT2D eigenvalue weighted by molar-refractivity contribution is 0.0940. The second-order valence-corrected chi connectivity index (χ2v) is 7.36. The van der Waals surface area contributed by atoms with Gasteiger partial charge in [0.25, 0.3) is 5.91 Å². The van der Waals surface area contributed by atoms with Crippen LogP contribution in [0.1, 0.15) is 60.1 Å². The lowest BCUT2D eigenvalue weighted by atomic mass is 10.1. The van der Waals surface area contributed by atoms with E-state index in [1.807, 2.05) is 43.3 Å². The summed E-state index contributed by atoms with van der Waals surface area (Å²) in [5.74, 6) is 0.775. The summed E-state index contributed by atoms with van der Waals surface area (Å²) < 4.78 is 5.18. The molecule has 0 spiro atoms.